The number of carbonyl (C=O) groups is 3. The van der Waals surface area contributed by atoms with Crippen molar-refractivity contribution in [3.8, 4) is 0 Å². The van der Waals surface area contributed by atoms with Crippen molar-refractivity contribution in [2.75, 3.05) is 13.2 Å². The molecule has 0 aromatic heterocycles. The molecule has 0 aromatic carbocycles. The smallest absolute Gasteiger partial charge is 0.329 e. The predicted octanol–water partition coefficient (Wildman–Crippen LogP) is -0.262. The van der Waals surface area contributed by atoms with Crippen LogP contribution in [0.4, 0.5) is 0 Å². The molecule has 8 nitrogen and oxygen atoms in total. The van der Waals surface area contributed by atoms with Crippen LogP contribution in [0.15, 0.2) is 0 Å². The molecule has 1 N–H and O–H groups in total. The SMILES string of the molecule is CC(=O)O[C@@H]1[C@@H](COCC(=O)O)OC(C)[C@@H]1OC(C)=O. The van der Waals surface area contributed by atoms with Gasteiger partial charge in [0.25, 0.3) is 0 Å². The number of ether oxygens (including phenoxy) is 4. The van der Waals surface area contributed by atoms with Crippen molar-refractivity contribution in [1.29, 1.82) is 0 Å². The summed E-state index contributed by atoms with van der Waals surface area (Å²) in [7, 11) is 0. The van der Waals surface area contributed by atoms with Gasteiger partial charge >= 0.3 is 17.9 Å². The molecule has 114 valence electrons. The van der Waals surface area contributed by atoms with Crippen molar-refractivity contribution in [2.45, 2.75) is 45.2 Å². The topological polar surface area (TPSA) is 108 Å². The van der Waals surface area contributed by atoms with Crippen LogP contribution in [0.5, 0.6) is 0 Å². The Morgan fingerprint density at radius 3 is 2.15 bits per heavy atom. The lowest BCUT2D eigenvalue weighted by atomic mass is 10.1. The van der Waals surface area contributed by atoms with Gasteiger partial charge < -0.3 is 24.1 Å². The largest absolute Gasteiger partial charge is 0.480 e. The molecule has 0 radical (unpaired) electrons. The Hall–Kier alpha value is -1.67. The number of aliphatic carboxylic acids is 1. The van der Waals surface area contributed by atoms with E-state index in [2.05, 4.69) is 0 Å². The lowest BCUT2D eigenvalue weighted by molar-refractivity contribution is -0.165. The molecule has 1 fully saturated rings. The molecule has 20 heavy (non-hydrogen) atoms. The van der Waals surface area contributed by atoms with Crippen LogP contribution in [0.2, 0.25) is 0 Å². The lowest BCUT2D eigenvalue weighted by Gasteiger charge is -2.22. The summed E-state index contributed by atoms with van der Waals surface area (Å²) in [6.07, 6.45) is -2.73. The Kier molecular flexibility index (Phi) is 5.90. The Labute approximate surface area is 115 Å². The average Bonchev–Trinajstić information content (AvgIpc) is 2.56. The molecule has 1 heterocycles. The highest BCUT2D eigenvalue weighted by Crippen LogP contribution is 2.27. The second-order valence-electron chi connectivity index (χ2n) is 4.44. The van der Waals surface area contributed by atoms with Crippen LogP contribution in [0.3, 0.4) is 0 Å². The molecule has 1 saturated heterocycles. The first kappa shape index (κ1) is 16.4. The molecule has 1 unspecified atom stereocenters. The fourth-order valence-electron chi connectivity index (χ4n) is 1.99. The van der Waals surface area contributed by atoms with Crippen molar-refractivity contribution in [3.05, 3.63) is 0 Å². The van der Waals surface area contributed by atoms with E-state index in [1.807, 2.05) is 0 Å². The first-order chi connectivity index (χ1) is 9.31. The minimum atomic E-state index is -1.11. The van der Waals surface area contributed by atoms with Crippen molar-refractivity contribution >= 4 is 17.9 Å². The maximum atomic E-state index is 11.1. The highest BCUT2D eigenvalue weighted by molar-refractivity contribution is 5.68. The molecule has 1 aliphatic heterocycles. The summed E-state index contributed by atoms with van der Waals surface area (Å²) < 4.78 is 20.6. The van der Waals surface area contributed by atoms with Gasteiger partial charge in [0.15, 0.2) is 12.2 Å². The molecular weight excluding hydrogens is 272 g/mol. The van der Waals surface area contributed by atoms with E-state index in [1.165, 1.54) is 13.8 Å². The van der Waals surface area contributed by atoms with E-state index in [1.54, 1.807) is 6.92 Å². The molecule has 0 aromatic rings. The van der Waals surface area contributed by atoms with E-state index in [0.717, 1.165) is 0 Å². The first-order valence-corrected chi connectivity index (χ1v) is 6.10. The molecule has 1 aliphatic rings. The minimum absolute atomic E-state index is 0.0770. The molecule has 0 saturated carbocycles. The third kappa shape index (κ3) is 4.78. The van der Waals surface area contributed by atoms with Gasteiger partial charge in [-0.25, -0.2) is 4.79 Å². The molecule has 4 atom stereocenters. The Morgan fingerprint density at radius 2 is 1.65 bits per heavy atom. The molecule has 0 spiro atoms. The molecule has 1 rings (SSSR count). The van der Waals surface area contributed by atoms with Crippen molar-refractivity contribution < 1.29 is 38.4 Å². The van der Waals surface area contributed by atoms with Gasteiger partial charge in [-0.05, 0) is 6.92 Å². The monoisotopic (exact) mass is 290 g/mol. The number of hydrogen-bond acceptors (Lipinski definition) is 7. The Bertz CT molecular complexity index is 380. The zero-order chi connectivity index (χ0) is 15.3. The summed E-state index contributed by atoms with van der Waals surface area (Å²) in [5.74, 6) is -2.18. The maximum Gasteiger partial charge on any atom is 0.329 e. The number of carbonyl (C=O) groups excluding carboxylic acids is 2. The summed E-state index contributed by atoms with van der Waals surface area (Å²) in [6, 6.07) is 0. The van der Waals surface area contributed by atoms with E-state index in [0.29, 0.717) is 0 Å². The van der Waals surface area contributed by atoms with Gasteiger partial charge in [-0.2, -0.15) is 0 Å². The molecular formula is C12H18O8. The maximum absolute atomic E-state index is 11.1. The first-order valence-electron chi connectivity index (χ1n) is 6.10. The zero-order valence-corrected chi connectivity index (χ0v) is 11.5. The number of carboxylic acids is 1. The second kappa shape index (κ2) is 7.20. The summed E-state index contributed by atoms with van der Waals surface area (Å²) in [5.41, 5.74) is 0. The third-order valence-electron chi connectivity index (χ3n) is 2.65. The number of rotatable bonds is 6. The summed E-state index contributed by atoms with van der Waals surface area (Å²) in [6.45, 7) is 3.57. The van der Waals surface area contributed by atoms with Crippen LogP contribution < -0.4 is 0 Å². The minimum Gasteiger partial charge on any atom is -0.480 e. The van der Waals surface area contributed by atoms with Crippen molar-refractivity contribution in [2.24, 2.45) is 0 Å². The fourth-order valence-corrected chi connectivity index (χ4v) is 1.99. The van der Waals surface area contributed by atoms with Crippen LogP contribution in [0.25, 0.3) is 0 Å². The van der Waals surface area contributed by atoms with Crippen LogP contribution in [0, 0.1) is 0 Å². The standard InChI is InChI=1S/C12H18O8/c1-6-11(19-7(2)13)12(20-8(3)14)9(18-6)4-17-5-10(15)16/h6,9,11-12H,4-5H2,1-3H3,(H,15,16)/t6?,9-,11+,12-/m1/s1. The lowest BCUT2D eigenvalue weighted by Crippen LogP contribution is -2.40. The van der Waals surface area contributed by atoms with Gasteiger partial charge in [-0.1, -0.05) is 0 Å². The van der Waals surface area contributed by atoms with Gasteiger partial charge in [0.1, 0.15) is 12.7 Å². The van der Waals surface area contributed by atoms with E-state index in [4.69, 9.17) is 24.1 Å². The number of carboxylic acid groups (broad SMARTS) is 1. The molecule has 0 amide bonds. The summed E-state index contributed by atoms with van der Waals surface area (Å²) >= 11 is 0. The van der Waals surface area contributed by atoms with Crippen LogP contribution in [-0.4, -0.2) is 60.6 Å². The van der Waals surface area contributed by atoms with Gasteiger partial charge in [0, 0.05) is 13.8 Å². The van der Waals surface area contributed by atoms with E-state index >= 15 is 0 Å². The zero-order valence-electron chi connectivity index (χ0n) is 11.5. The third-order valence-corrected chi connectivity index (χ3v) is 2.65. The van der Waals surface area contributed by atoms with Crippen LogP contribution in [-0.2, 0) is 33.3 Å². The van der Waals surface area contributed by atoms with Crippen molar-refractivity contribution in [1.82, 2.24) is 0 Å². The second-order valence-corrected chi connectivity index (χ2v) is 4.44. The molecule has 8 heteroatoms. The van der Waals surface area contributed by atoms with E-state index < -0.39 is 48.9 Å². The summed E-state index contributed by atoms with van der Waals surface area (Å²) in [5, 5.41) is 8.50. The number of hydrogen-bond donors (Lipinski definition) is 1. The normalized spacial score (nSPS) is 28.9. The quantitative estimate of drug-likeness (QED) is 0.666. The van der Waals surface area contributed by atoms with Crippen molar-refractivity contribution in [3.63, 3.8) is 0 Å². The highest BCUT2D eigenvalue weighted by atomic mass is 16.6. The van der Waals surface area contributed by atoms with Gasteiger partial charge in [0.2, 0.25) is 0 Å². The fraction of sp³-hybridized carbons (Fsp3) is 0.750. The van der Waals surface area contributed by atoms with Crippen LogP contribution >= 0.6 is 0 Å². The summed E-state index contributed by atoms with van der Waals surface area (Å²) in [4.78, 5) is 32.6. The van der Waals surface area contributed by atoms with Gasteiger partial charge in [-0.3, -0.25) is 9.59 Å². The number of esters is 2. The predicted molar refractivity (Wildman–Crippen MR) is 63.9 cm³/mol. The van der Waals surface area contributed by atoms with E-state index in [9.17, 15) is 14.4 Å². The Balaban J connectivity index is 2.69. The molecule has 0 bridgehead atoms. The van der Waals surface area contributed by atoms with Gasteiger partial charge in [0.05, 0.1) is 12.7 Å². The highest BCUT2D eigenvalue weighted by Gasteiger charge is 2.47. The Morgan fingerprint density at radius 1 is 1.10 bits per heavy atom. The molecule has 0 aliphatic carbocycles. The van der Waals surface area contributed by atoms with Gasteiger partial charge in [-0.15, -0.1) is 0 Å². The van der Waals surface area contributed by atoms with Crippen LogP contribution in [0.1, 0.15) is 20.8 Å². The van der Waals surface area contributed by atoms with E-state index in [-0.39, 0.29) is 6.61 Å². The average molecular weight is 290 g/mol.